The van der Waals surface area contributed by atoms with Crippen LogP contribution in [0, 0.1) is 0 Å². The molecule has 0 saturated carbocycles. The van der Waals surface area contributed by atoms with E-state index < -0.39 is 5.91 Å². The van der Waals surface area contributed by atoms with Crippen molar-refractivity contribution >= 4 is 17.9 Å². The first-order chi connectivity index (χ1) is 4.29. The summed E-state index contributed by atoms with van der Waals surface area (Å²) in [6.45, 7) is 0. The van der Waals surface area contributed by atoms with E-state index in [2.05, 4.69) is 15.4 Å². The van der Waals surface area contributed by atoms with Gasteiger partial charge in [0.25, 0.3) is 5.91 Å². The van der Waals surface area contributed by atoms with Crippen molar-refractivity contribution in [3.63, 3.8) is 0 Å². The lowest BCUT2D eigenvalue weighted by Crippen LogP contribution is -2.03. The molecule has 0 aromatic heterocycles. The van der Waals surface area contributed by atoms with E-state index in [-0.39, 0.29) is 12.2 Å². The summed E-state index contributed by atoms with van der Waals surface area (Å²) < 4.78 is 0. The third-order valence-electron chi connectivity index (χ3n) is 0.735. The summed E-state index contributed by atoms with van der Waals surface area (Å²) in [6, 6.07) is 0. The van der Waals surface area contributed by atoms with Gasteiger partial charge in [0.2, 0.25) is 0 Å². The third kappa shape index (κ3) is 1.52. The second-order valence-corrected chi connectivity index (χ2v) is 1.47. The Balaban J connectivity index is 2.76. The number of hydrogen-bond acceptors (Lipinski definition) is 4. The maximum absolute atomic E-state index is 10.4. The molecule has 46 valence electrons. The van der Waals surface area contributed by atoms with Crippen molar-refractivity contribution in [1.29, 1.82) is 0 Å². The number of hydrogen-bond donors (Lipinski definition) is 0. The molecule has 0 unspecified atom stereocenters. The Morgan fingerprint density at radius 3 is 3.00 bits per heavy atom. The third-order valence-corrected chi connectivity index (χ3v) is 0.735. The zero-order valence-corrected chi connectivity index (χ0v) is 4.44. The lowest BCUT2D eigenvalue weighted by atomic mass is 10.3. The van der Waals surface area contributed by atoms with Gasteiger partial charge in [0.1, 0.15) is 0 Å². The van der Waals surface area contributed by atoms with Gasteiger partial charge in [0.15, 0.2) is 5.78 Å². The highest BCUT2D eigenvalue weighted by atomic mass is 16.2. The molecule has 5 heteroatoms. The van der Waals surface area contributed by atoms with Gasteiger partial charge in [-0.25, -0.2) is 0 Å². The van der Waals surface area contributed by atoms with Crippen LogP contribution in [0.1, 0.15) is 6.42 Å². The van der Waals surface area contributed by atoms with Gasteiger partial charge >= 0.3 is 0 Å². The number of rotatable bonds is 0. The molecule has 0 fully saturated rings. The van der Waals surface area contributed by atoms with E-state index >= 15 is 0 Å². The molecule has 1 aliphatic rings. The Bertz CT molecular complexity index is 184. The molecular formula is C4H3N3O2. The summed E-state index contributed by atoms with van der Waals surface area (Å²) in [5, 5.41) is 9.23. The minimum Gasteiger partial charge on any atom is -0.292 e. The fourth-order valence-corrected chi connectivity index (χ4v) is 0.396. The molecule has 0 bridgehead atoms. The van der Waals surface area contributed by atoms with Crippen molar-refractivity contribution in [2.75, 3.05) is 0 Å². The normalized spacial score (nSPS) is 18.2. The second kappa shape index (κ2) is 2.25. The van der Waals surface area contributed by atoms with E-state index in [1.165, 1.54) is 0 Å². The molecular weight excluding hydrogens is 122 g/mol. The van der Waals surface area contributed by atoms with Gasteiger partial charge in [-0.05, 0) is 5.22 Å². The van der Waals surface area contributed by atoms with Crippen LogP contribution in [0.2, 0.25) is 0 Å². The average molecular weight is 125 g/mol. The summed E-state index contributed by atoms with van der Waals surface area (Å²) in [5.41, 5.74) is 0. The molecule has 1 amide bonds. The summed E-state index contributed by atoms with van der Waals surface area (Å²) in [6.07, 6.45) is 0.765. The van der Waals surface area contributed by atoms with Crippen LogP contribution in [-0.4, -0.2) is 17.9 Å². The van der Waals surface area contributed by atoms with Gasteiger partial charge in [0, 0.05) is 0 Å². The van der Waals surface area contributed by atoms with E-state index in [4.69, 9.17) is 0 Å². The van der Waals surface area contributed by atoms with Gasteiger partial charge in [-0.2, -0.15) is 0 Å². The molecule has 0 atom stereocenters. The molecule has 0 radical (unpaired) electrons. The Labute approximate surface area is 50.5 Å². The van der Waals surface area contributed by atoms with Crippen molar-refractivity contribution in [1.82, 2.24) is 0 Å². The lowest BCUT2D eigenvalue weighted by Gasteiger charge is -1.79. The van der Waals surface area contributed by atoms with Gasteiger partial charge in [0.05, 0.1) is 12.6 Å². The van der Waals surface area contributed by atoms with Crippen LogP contribution < -0.4 is 0 Å². The highest BCUT2D eigenvalue weighted by Gasteiger charge is 2.07. The average Bonchev–Trinajstić information content (AvgIpc) is 1.93. The van der Waals surface area contributed by atoms with Crippen LogP contribution in [0.25, 0.3) is 0 Å². The van der Waals surface area contributed by atoms with Crippen LogP contribution in [0.3, 0.4) is 0 Å². The molecule has 0 aromatic rings. The fraction of sp³-hybridized carbons (Fsp3) is 0.250. The smallest absolute Gasteiger partial charge is 0.274 e. The number of carbonyl (C=O) groups excluding carboxylic acids is 2. The van der Waals surface area contributed by atoms with E-state index in [0.29, 0.717) is 0 Å². The molecule has 5 nitrogen and oxygen atoms in total. The highest BCUT2D eigenvalue weighted by Crippen LogP contribution is 1.92. The first-order valence-corrected chi connectivity index (χ1v) is 2.29. The van der Waals surface area contributed by atoms with Crippen molar-refractivity contribution in [2.45, 2.75) is 6.42 Å². The van der Waals surface area contributed by atoms with Crippen molar-refractivity contribution in [2.24, 2.45) is 15.4 Å². The minimum absolute atomic E-state index is 0.215. The first-order valence-electron chi connectivity index (χ1n) is 2.29. The molecule has 9 heavy (non-hydrogen) atoms. The van der Waals surface area contributed by atoms with Crippen molar-refractivity contribution in [3.05, 3.63) is 0 Å². The largest absolute Gasteiger partial charge is 0.292 e. The maximum atomic E-state index is 10.4. The SMILES string of the molecule is O=C1C=NN=NC(=O)C1. The maximum Gasteiger partial charge on any atom is 0.274 e. The highest BCUT2D eigenvalue weighted by molar-refractivity contribution is 6.31. The van der Waals surface area contributed by atoms with Crippen LogP contribution >= 0.6 is 0 Å². The summed E-state index contributed by atoms with van der Waals surface area (Å²) in [7, 11) is 0. The van der Waals surface area contributed by atoms with E-state index in [1.807, 2.05) is 0 Å². The first kappa shape index (κ1) is 5.74. The van der Waals surface area contributed by atoms with Crippen LogP contribution in [0.4, 0.5) is 0 Å². The molecule has 0 spiro atoms. The Kier molecular flexibility index (Phi) is 1.44. The van der Waals surface area contributed by atoms with Gasteiger partial charge in [-0.3, -0.25) is 9.59 Å². The molecule has 1 rings (SSSR count). The molecule has 0 N–H and O–H groups in total. The predicted molar refractivity (Wildman–Crippen MR) is 28.0 cm³/mol. The Morgan fingerprint density at radius 1 is 1.44 bits per heavy atom. The quantitative estimate of drug-likeness (QED) is 0.425. The number of amides is 1. The number of nitrogens with zero attached hydrogens (tertiary/aromatic N) is 3. The zero-order chi connectivity index (χ0) is 6.69. The number of carbonyl (C=O) groups is 2. The Hall–Kier alpha value is -1.39. The summed E-state index contributed by atoms with van der Waals surface area (Å²) >= 11 is 0. The summed E-state index contributed by atoms with van der Waals surface area (Å²) in [5.74, 6) is -0.900. The van der Waals surface area contributed by atoms with Crippen molar-refractivity contribution < 1.29 is 9.59 Å². The number of ketones is 1. The zero-order valence-electron chi connectivity index (χ0n) is 4.44. The van der Waals surface area contributed by atoms with Crippen LogP contribution in [0.5, 0.6) is 0 Å². The minimum atomic E-state index is -0.544. The second-order valence-electron chi connectivity index (χ2n) is 1.47. The monoisotopic (exact) mass is 125 g/mol. The lowest BCUT2D eigenvalue weighted by molar-refractivity contribution is -0.123. The van der Waals surface area contributed by atoms with Gasteiger partial charge in [-0.15, -0.1) is 5.10 Å². The predicted octanol–water partition coefficient (Wildman–Crippen LogP) is -0.0762. The molecule has 0 aliphatic carbocycles. The number of Topliss-reactive ketones (excluding diaryl/α,β-unsaturated/α-hetero) is 1. The fourth-order valence-electron chi connectivity index (χ4n) is 0.396. The Morgan fingerprint density at radius 2 is 2.22 bits per heavy atom. The van der Waals surface area contributed by atoms with Crippen LogP contribution in [-0.2, 0) is 9.59 Å². The van der Waals surface area contributed by atoms with Crippen LogP contribution in [0.15, 0.2) is 15.4 Å². The van der Waals surface area contributed by atoms with Crippen molar-refractivity contribution in [3.8, 4) is 0 Å². The van der Waals surface area contributed by atoms with E-state index in [1.54, 1.807) is 0 Å². The van der Waals surface area contributed by atoms with E-state index in [0.717, 1.165) is 6.21 Å². The van der Waals surface area contributed by atoms with E-state index in [9.17, 15) is 9.59 Å². The summed E-state index contributed by atoms with van der Waals surface area (Å²) in [4.78, 5) is 20.7. The molecule has 1 aliphatic heterocycles. The van der Waals surface area contributed by atoms with Gasteiger partial charge < -0.3 is 0 Å². The van der Waals surface area contributed by atoms with Gasteiger partial charge in [-0.1, -0.05) is 5.11 Å². The standard InChI is InChI=1S/C4H3N3O2/c8-3-1-4(9)6-7-5-2-3/h2H,1H2. The molecule has 0 saturated heterocycles. The molecule has 0 aromatic carbocycles. The topological polar surface area (TPSA) is 71.2 Å². The molecule has 1 heterocycles.